The number of hydrogen-bond acceptors (Lipinski definition) is 5. The molecule has 0 spiro atoms. The predicted molar refractivity (Wildman–Crippen MR) is 141 cm³/mol. The molecule has 0 aliphatic rings. The molecule has 4 rings (SSSR count). The van der Waals surface area contributed by atoms with Crippen molar-refractivity contribution in [2.45, 2.75) is 32.4 Å². The highest BCUT2D eigenvalue weighted by molar-refractivity contribution is 9.10. The highest BCUT2D eigenvalue weighted by atomic mass is 79.9. The van der Waals surface area contributed by atoms with Crippen LogP contribution in [0.15, 0.2) is 75.3 Å². The molecule has 1 unspecified atom stereocenters. The number of carbonyl (C=O) groups is 1. The fraction of sp³-hybridized carbons (Fsp3) is 0.269. The molecule has 2 aromatic carbocycles. The fourth-order valence-corrected chi connectivity index (χ4v) is 5.14. The Balaban J connectivity index is 1.84. The number of thiophene rings is 1. The summed E-state index contributed by atoms with van der Waals surface area (Å²) in [5.41, 5.74) is 8.01. The monoisotopic (exact) mass is 538 g/mol. The van der Waals surface area contributed by atoms with Gasteiger partial charge >= 0.3 is 0 Å². The molecule has 6 nitrogen and oxygen atoms in total. The molecule has 0 saturated carbocycles. The van der Waals surface area contributed by atoms with Gasteiger partial charge in [-0.15, -0.1) is 11.3 Å². The number of rotatable bonds is 9. The Kier molecular flexibility index (Phi) is 7.92. The smallest absolute Gasteiger partial charge is 0.271 e. The van der Waals surface area contributed by atoms with Crippen molar-refractivity contribution in [3.63, 3.8) is 0 Å². The van der Waals surface area contributed by atoms with Gasteiger partial charge in [-0.25, -0.2) is 4.98 Å². The maximum atomic E-state index is 13.7. The number of nitrogens with two attached hydrogens (primary N) is 1. The van der Waals surface area contributed by atoms with Crippen molar-refractivity contribution in [2.75, 3.05) is 13.1 Å². The van der Waals surface area contributed by atoms with E-state index in [2.05, 4.69) is 15.9 Å². The molecule has 2 N–H and O–H groups in total. The molecule has 176 valence electrons. The van der Waals surface area contributed by atoms with Gasteiger partial charge in [0.25, 0.3) is 11.5 Å². The highest BCUT2D eigenvalue weighted by Crippen LogP contribution is 2.28. The first kappa shape index (κ1) is 24.3. The lowest BCUT2D eigenvalue weighted by Gasteiger charge is -2.32. The van der Waals surface area contributed by atoms with E-state index in [1.54, 1.807) is 16.7 Å². The first-order valence-electron chi connectivity index (χ1n) is 11.3. The molecule has 0 radical (unpaired) electrons. The number of carbonyl (C=O) groups excluding carboxylic acids is 1. The van der Waals surface area contributed by atoms with E-state index in [0.717, 1.165) is 10.0 Å². The number of nitrogens with zero attached hydrogens (tertiary/aromatic N) is 3. The van der Waals surface area contributed by atoms with E-state index in [0.29, 0.717) is 54.1 Å². The molecular weight excluding hydrogens is 512 g/mol. The van der Waals surface area contributed by atoms with E-state index in [1.807, 2.05) is 65.7 Å². The van der Waals surface area contributed by atoms with Gasteiger partial charge in [-0.3, -0.25) is 14.2 Å². The van der Waals surface area contributed by atoms with Gasteiger partial charge in [0, 0.05) is 16.6 Å². The Labute approximate surface area is 211 Å². The SMILES string of the molecule is CCC(c1nc2ccsc2c(=O)n1Cc1ccccc1)N(CCCN)C(=O)c1ccc(Br)cc1. The van der Waals surface area contributed by atoms with Crippen LogP contribution < -0.4 is 11.3 Å². The lowest BCUT2D eigenvalue weighted by Crippen LogP contribution is -2.40. The average molecular weight is 539 g/mol. The molecule has 0 fully saturated rings. The summed E-state index contributed by atoms with van der Waals surface area (Å²) >= 11 is 4.83. The topological polar surface area (TPSA) is 81.2 Å². The van der Waals surface area contributed by atoms with Gasteiger partial charge in [0.05, 0.1) is 18.1 Å². The summed E-state index contributed by atoms with van der Waals surface area (Å²) in [6.45, 7) is 3.36. The Hall–Kier alpha value is -2.81. The lowest BCUT2D eigenvalue weighted by atomic mass is 10.1. The summed E-state index contributed by atoms with van der Waals surface area (Å²) in [5, 5.41) is 1.88. The summed E-state index contributed by atoms with van der Waals surface area (Å²) in [4.78, 5) is 34.0. The Morgan fingerprint density at radius 3 is 2.56 bits per heavy atom. The number of benzene rings is 2. The molecule has 8 heteroatoms. The van der Waals surface area contributed by atoms with E-state index in [9.17, 15) is 9.59 Å². The van der Waals surface area contributed by atoms with Gasteiger partial charge in [-0.05, 0) is 60.7 Å². The Bertz CT molecular complexity index is 1320. The molecule has 1 atom stereocenters. The van der Waals surface area contributed by atoms with Gasteiger partial charge in [0.15, 0.2) is 0 Å². The molecule has 34 heavy (non-hydrogen) atoms. The van der Waals surface area contributed by atoms with Crippen molar-refractivity contribution < 1.29 is 4.79 Å². The van der Waals surface area contributed by atoms with Gasteiger partial charge < -0.3 is 10.6 Å². The van der Waals surface area contributed by atoms with E-state index in [4.69, 9.17) is 10.7 Å². The van der Waals surface area contributed by atoms with Crippen LogP contribution in [0.25, 0.3) is 10.2 Å². The minimum atomic E-state index is -0.372. The van der Waals surface area contributed by atoms with Crippen LogP contribution in [-0.4, -0.2) is 33.4 Å². The quantitative estimate of drug-likeness (QED) is 0.317. The molecule has 4 aromatic rings. The zero-order valence-electron chi connectivity index (χ0n) is 19.0. The molecule has 0 bridgehead atoms. The summed E-state index contributed by atoms with van der Waals surface area (Å²) in [7, 11) is 0. The van der Waals surface area contributed by atoms with Crippen molar-refractivity contribution in [3.05, 3.63) is 97.8 Å². The lowest BCUT2D eigenvalue weighted by molar-refractivity contribution is 0.0656. The van der Waals surface area contributed by atoms with Crippen LogP contribution in [0.1, 0.15) is 47.6 Å². The van der Waals surface area contributed by atoms with Gasteiger partial charge in [-0.1, -0.05) is 53.2 Å². The molecule has 2 aromatic heterocycles. The third-order valence-electron chi connectivity index (χ3n) is 5.80. The first-order chi connectivity index (χ1) is 16.5. The third kappa shape index (κ3) is 5.14. The van der Waals surface area contributed by atoms with Crippen LogP contribution in [-0.2, 0) is 6.54 Å². The number of fused-ring (bicyclic) bond motifs is 1. The number of halogens is 1. The Morgan fingerprint density at radius 1 is 1.15 bits per heavy atom. The molecule has 0 saturated heterocycles. The standard InChI is InChI=1S/C26H27BrN4O2S/c1-2-22(30(15-6-14-28)25(32)19-9-11-20(27)12-10-19)24-29-21-13-16-34-23(21)26(33)31(24)17-18-7-4-3-5-8-18/h3-5,7-13,16,22H,2,6,14-15,17,28H2,1H3. The van der Waals surface area contributed by atoms with Gasteiger partial charge in [-0.2, -0.15) is 0 Å². The van der Waals surface area contributed by atoms with E-state index in [-0.39, 0.29) is 17.5 Å². The second-order valence-electron chi connectivity index (χ2n) is 8.05. The average Bonchev–Trinajstić information content (AvgIpc) is 3.33. The maximum Gasteiger partial charge on any atom is 0.271 e. The van der Waals surface area contributed by atoms with Crippen LogP contribution in [0.2, 0.25) is 0 Å². The third-order valence-corrected chi connectivity index (χ3v) is 7.22. The minimum absolute atomic E-state index is 0.0767. The summed E-state index contributed by atoms with van der Waals surface area (Å²) in [5.74, 6) is 0.503. The molecule has 0 aliphatic carbocycles. The molecule has 1 amide bonds. The zero-order valence-corrected chi connectivity index (χ0v) is 21.4. The highest BCUT2D eigenvalue weighted by Gasteiger charge is 2.29. The predicted octanol–water partition coefficient (Wildman–Crippen LogP) is 5.21. The van der Waals surface area contributed by atoms with Crippen molar-refractivity contribution in [3.8, 4) is 0 Å². The number of aromatic nitrogens is 2. The van der Waals surface area contributed by atoms with Crippen LogP contribution >= 0.6 is 27.3 Å². The molecule has 0 aliphatic heterocycles. The second kappa shape index (κ2) is 11.1. The second-order valence-corrected chi connectivity index (χ2v) is 9.89. The maximum absolute atomic E-state index is 13.7. The largest absolute Gasteiger partial charge is 0.330 e. The molecular formula is C26H27BrN4O2S. The van der Waals surface area contributed by atoms with Crippen molar-refractivity contribution in [1.29, 1.82) is 0 Å². The molecule has 2 heterocycles. The zero-order chi connectivity index (χ0) is 24.1. The fourth-order valence-electron chi connectivity index (χ4n) is 4.10. The van der Waals surface area contributed by atoms with Gasteiger partial charge in [0.2, 0.25) is 0 Å². The summed E-state index contributed by atoms with van der Waals surface area (Å²) in [6, 6.07) is 18.7. The number of amides is 1. The summed E-state index contributed by atoms with van der Waals surface area (Å²) < 4.78 is 3.26. The van der Waals surface area contributed by atoms with Crippen LogP contribution in [0.3, 0.4) is 0 Å². The summed E-state index contributed by atoms with van der Waals surface area (Å²) in [6.07, 6.45) is 1.27. The van der Waals surface area contributed by atoms with Crippen molar-refractivity contribution in [2.24, 2.45) is 5.73 Å². The normalized spacial score (nSPS) is 12.1. The van der Waals surface area contributed by atoms with Gasteiger partial charge in [0.1, 0.15) is 10.5 Å². The van der Waals surface area contributed by atoms with Crippen LogP contribution in [0, 0.1) is 0 Å². The van der Waals surface area contributed by atoms with Crippen LogP contribution in [0.4, 0.5) is 0 Å². The first-order valence-corrected chi connectivity index (χ1v) is 13.0. The van der Waals surface area contributed by atoms with E-state index < -0.39 is 0 Å². The minimum Gasteiger partial charge on any atom is -0.330 e. The number of hydrogen-bond donors (Lipinski definition) is 1. The van der Waals surface area contributed by atoms with Crippen molar-refractivity contribution >= 4 is 43.4 Å². The van der Waals surface area contributed by atoms with E-state index >= 15 is 0 Å². The van der Waals surface area contributed by atoms with Crippen molar-refractivity contribution in [1.82, 2.24) is 14.5 Å². The Morgan fingerprint density at radius 2 is 1.88 bits per heavy atom. The van der Waals surface area contributed by atoms with E-state index in [1.165, 1.54) is 11.3 Å². The van der Waals surface area contributed by atoms with Crippen LogP contribution in [0.5, 0.6) is 0 Å².